The summed E-state index contributed by atoms with van der Waals surface area (Å²) in [5, 5.41) is 2.63. The summed E-state index contributed by atoms with van der Waals surface area (Å²) in [5.41, 5.74) is 0.781. The lowest BCUT2D eigenvalue weighted by atomic mass is 10.2. The van der Waals surface area contributed by atoms with Gasteiger partial charge < -0.3 is 14.0 Å². The minimum Gasteiger partial charge on any atom is -0.480 e. The number of fused-ring (bicyclic) bond motifs is 1. The minimum absolute atomic E-state index is 0.280. The van der Waals surface area contributed by atoms with Gasteiger partial charge in [0.1, 0.15) is 16.3 Å². The molecule has 0 saturated carbocycles. The zero-order valence-corrected chi connectivity index (χ0v) is 15.3. The maximum absolute atomic E-state index is 12.6. The normalized spacial score (nSPS) is 12.1. The van der Waals surface area contributed by atoms with E-state index in [-0.39, 0.29) is 12.5 Å². The first kappa shape index (κ1) is 16.7. The fourth-order valence-electron chi connectivity index (χ4n) is 2.26. The topological polar surface area (TPSA) is 78.6 Å². The number of carbonyl (C=O) groups is 1. The molecule has 24 heavy (non-hydrogen) atoms. The molecule has 9 heteroatoms. The maximum Gasteiger partial charge on any atom is 0.290 e. The molecule has 3 aromatic rings. The number of carbonyl (C=O) groups excluding carboxylic acids is 1. The van der Waals surface area contributed by atoms with Crippen LogP contribution in [0.15, 0.2) is 16.6 Å². The van der Waals surface area contributed by atoms with Gasteiger partial charge in [-0.1, -0.05) is 0 Å². The van der Waals surface area contributed by atoms with E-state index in [1.54, 1.807) is 14.2 Å². The summed E-state index contributed by atoms with van der Waals surface area (Å²) in [6.45, 7) is 2.14. The molecule has 3 heterocycles. The number of amides is 1. The van der Waals surface area contributed by atoms with Crippen molar-refractivity contribution in [2.75, 3.05) is 14.2 Å². The third-order valence-electron chi connectivity index (χ3n) is 3.42. The second kappa shape index (κ2) is 6.80. The van der Waals surface area contributed by atoms with Crippen LogP contribution in [0.2, 0.25) is 0 Å². The SMILES string of the molecule is COCc1nc(OC)c2c(C)c(C(=O)N=c3sccn3C)sc2n1. The van der Waals surface area contributed by atoms with Gasteiger partial charge >= 0.3 is 0 Å². The van der Waals surface area contributed by atoms with Crippen LogP contribution in [0.25, 0.3) is 10.2 Å². The van der Waals surface area contributed by atoms with Crippen molar-refractivity contribution in [3.05, 3.63) is 32.6 Å². The van der Waals surface area contributed by atoms with Crippen LogP contribution in [0.3, 0.4) is 0 Å². The van der Waals surface area contributed by atoms with E-state index in [0.717, 1.165) is 10.9 Å². The second-order valence-electron chi connectivity index (χ2n) is 5.03. The van der Waals surface area contributed by atoms with Crippen molar-refractivity contribution in [2.24, 2.45) is 12.0 Å². The van der Waals surface area contributed by atoms with Crippen LogP contribution in [-0.2, 0) is 18.4 Å². The number of ether oxygens (including phenoxy) is 2. The lowest BCUT2D eigenvalue weighted by Crippen LogP contribution is -2.12. The van der Waals surface area contributed by atoms with Crippen LogP contribution in [0.4, 0.5) is 0 Å². The van der Waals surface area contributed by atoms with Crippen molar-refractivity contribution in [3.8, 4) is 5.88 Å². The second-order valence-corrected chi connectivity index (χ2v) is 6.90. The zero-order chi connectivity index (χ0) is 17.3. The van der Waals surface area contributed by atoms with E-state index in [4.69, 9.17) is 9.47 Å². The molecule has 3 aromatic heterocycles. The van der Waals surface area contributed by atoms with E-state index in [0.29, 0.717) is 26.2 Å². The molecule has 0 atom stereocenters. The maximum atomic E-state index is 12.6. The van der Waals surface area contributed by atoms with Gasteiger partial charge in [-0.05, 0) is 12.5 Å². The third kappa shape index (κ3) is 2.97. The van der Waals surface area contributed by atoms with Crippen LogP contribution in [0.1, 0.15) is 21.1 Å². The van der Waals surface area contributed by atoms with Gasteiger partial charge in [0.2, 0.25) is 5.88 Å². The monoisotopic (exact) mass is 364 g/mol. The molecule has 0 saturated heterocycles. The number of thiazole rings is 1. The molecular weight excluding hydrogens is 348 g/mol. The van der Waals surface area contributed by atoms with Gasteiger partial charge in [-0.15, -0.1) is 22.7 Å². The molecule has 3 rings (SSSR count). The lowest BCUT2D eigenvalue weighted by Gasteiger charge is -2.04. The van der Waals surface area contributed by atoms with Crippen molar-refractivity contribution >= 4 is 38.8 Å². The molecule has 0 N–H and O–H groups in total. The molecule has 1 amide bonds. The van der Waals surface area contributed by atoms with E-state index in [9.17, 15) is 4.79 Å². The van der Waals surface area contributed by atoms with E-state index in [2.05, 4.69) is 15.0 Å². The first-order valence-electron chi connectivity index (χ1n) is 7.07. The first-order valence-corrected chi connectivity index (χ1v) is 8.77. The average Bonchev–Trinajstić information content (AvgIpc) is 3.11. The minimum atomic E-state index is -0.288. The van der Waals surface area contributed by atoms with Crippen molar-refractivity contribution in [1.29, 1.82) is 0 Å². The van der Waals surface area contributed by atoms with Crippen molar-refractivity contribution in [1.82, 2.24) is 14.5 Å². The number of methoxy groups -OCH3 is 2. The molecule has 0 spiro atoms. The fourth-order valence-corrected chi connectivity index (χ4v) is 4.06. The number of aryl methyl sites for hydroxylation is 2. The average molecular weight is 364 g/mol. The molecule has 0 aliphatic rings. The van der Waals surface area contributed by atoms with Gasteiger partial charge in [0.05, 0.1) is 12.5 Å². The highest BCUT2D eigenvalue weighted by Gasteiger charge is 2.21. The summed E-state index contributed by atoms with van der Waals surface area (Å²) in [4.78, 5) is 27.5. The van der Waals surface area contributed by atoms with E-state index >= 15 is 0 Å². The summed E-state index contributed by atoms with van der Waals surface area (Å²) in [6, 6.07) is 0. The molecule has 0 unspecified atom stereocenters. The summed E-state index contributed by atoms with van der Waals surface area (Å²) < 4.78 is 12.3. The molecule has 126 valence electrons. The van der Waals surface area contributed by atoms with Gasteiger partial charge in [-0.25, -0.2) is 4.98 Å². The quantitative estimate of drug-likeness (QED) is 0.710. The summed E-state index contributed by atoms with van der Waals surface area (Å²) in [7, 11) is 4.98. The molecule has 7 nitrogen and oxygen atoms in total. The van der Waals surface area contributed by atoms with Crippen LogP contribution in [-0.4, -0.2) is 34.7 Å². The van der Waals surface area contributed by atoms with E-state index in [1.165, 1.54) is 22.7 Å². The van der Waals surface area contributed by atoms with Crippen LogP contribution >= 0.6 is 22.7 Å². The Balaban J connectivity index is 2.14. The van der Waals surface area contributed by atoms with E-state index < -0.39 is 0 Å². The predicted octanol–water partition coefficient (Wildman–Crippen LogP) is 2.30. The van der Waals surface area contributed by atoms with Crippen LogP contribution in [0, 0.1) is 6.92 Å². The van der Waals surface area contributed by atoms with E-state index in [1.807, 2.05) is 30.1 Å². The molecular formula is C15H16N4O3S2. The summed E-state index contributed by atoms with van der Waals surface area (Å²) in [6.07, 6.45) is 1.86. The smallest absolute Gasteiger partial charge is 0.290 e. The Morgan fingerprint density at radius 3 is 2.79 bits per heavy atom. The van der Waals surface area contributed by atoms with Gasteiger partial charge in [0.15, 0.2) is 10.6 Å². The lowest BCUT2D eigenvalue weighted by molar-refractivity contribution is 0.100. The number of aromatic nitrogens is 3. The molecule has 0 aliphatic carbocycles. The van der Waals surface area contributed by atoms with Gasteiger partial charge in [-0.3, -0.25) is 4.79 Å². The number of hydrogen-bond acceptors (Lipinski definition) is 7. The third-order valence-corrected chi connectivity index (χ3v) is 5.44. The Bertz CT molecular complexity index is 971. The summed E-state index contributed by atoms with van der Waals surface area (Å²) in [5.74, 6) is 0.675. The standard InChI is InChI=1S/C15H16N4O3S2/c1-8-10-13(22-4)16-9(7-21-3)17-14(10)24-11(8)12(20)18-15-19(2)5-6-23-15/h5-6H,7H2,1-4H3. The first-order chi connectivity index (χ1) is 11.5. The van der Waals surface area contributed by atoms with Crippen molar-refractivity contribution < 1.29 is 14.3 Å². The van der Waals surface area contributed by atoms with Gasteiger partial charge in [0.25, 0.3) is 5.91 Å². The highest BCUT2D eigenvalue weighted by Crippen LogP contribution is 2.35. The van der Waals surface area contributed by atoms with Crippen LogP contribution < -0.4 is 9.54 Å². The molecule has 0 bridgehead atoms. The Hall–Kier alpha value is -2.10. The fraction of sp³-hybridized carbons (Fsp3) is 0.333. The van der Waals surface area contributed by atoms with Gasteiger partial charge in [-0.2, -0.15) is 9.98 Å². The molecule has 0 aliphatic heterocycles. The predicted molar refractivity (Wildman–Crippen MR) is 92.6 cm³/mol. The number of rotatable bonds is 4. The van der Waals surface area contributed by atoms with Gasteiger partial charge in [0, 0.05) is 25.7 Å². The van der Waals surface area contributed by atoms with Crippen molar-refractivity contribution in [3.63, 3.8) is 0 Å². The highest BCUT2D eigenvalue weighted by atomic mass is 32.1. The largest absolute Gasteiger partial charge is 0.480 e. The Labute approximate surface area is 146 Å². The number of hydrogen-bond donors (Lipinski definition) is 0. The van der Waals surface area contributed by atoms with Crippen LogP contribution in [0.5, 0.6) is 5.88 Å². The molecule has 0 radical (unpaired) electrons. The highest BCUT2D eigenvalue weighted by molar-refractivity contribution is 7.20. The van der Waals surface area contributed by atoms with Crippen molar-refractivity contribution in [2.45, 2.75) is 13.5 Å². The zero-order valence-electron chi connectivity index (χ0n) is 13.7. The number of nitrogens with zero attached hydrogens (tertiary/aromatic N) is 4. The Kier molecular flexibility index (Phi) is 4.74. The molecule has 0 aromatic carbocycles. The molecule has 0 fully saturated rings. The Morgan fingerprint density at radius 1 is 1.38 bits per heavy atom. The number of thiophene rings is 1. The Morgan fingerprint density at radius 2 is 2.17 bits per heavy atom. The summed E-state index contributed by atoms with van der Waals surface area (Å²) >= 11 is 2.71.